The number of hydrogen-bond donors (Lipinski definition) is 6. The molecule has 0 spiro atoms. The van der Waals surface area contributed by atoms with Crippen LogP contribution in [0.3, 0.4) is 0 Å². The van der Waals surface area contributed by atoms with Crippen LogP contribution in [0.1, 0.15) is 142 Å². The summed E-state index contributed by atoms with van der Waals surface area (Å²) in [5.74, 6) is -7.11. The second kappa shape index (κ2) is 33.3. The smallest absolute Gasteiger partial charge is 0.410 e. The van der Waals surface area contributed by atoms with Crippen LogP contribution >= 0.6 is 0 Å². The van der Waals surface area contributed by atoms with Crippen molar-refractivity contribution in [2.45, 2.75) is 200 Å². The largest absolute Gasteiger partial charge is 0.487 e. The Balaban J connectivity index is 1.14. The first-order valence-electron chi connectivity index (χ1n) is 34.1. The van der Waals surface area contributed by atoms with Crippen LogP contribution in [0.15, 0.2) is 97.3 Å². The number of ether oxygens (including phenoxy) is 4. The second-order valence-corrected chi connectivity index (χ2v) is 28.7. The number of esters is 1. The van der Waals surface area contributed by atoms with Gasteiger partial charge in [-0.2, -0.15) is 0 Å². The first-order valence-corrected chi connectivity index (χ1v) is 34.1. The van der Waals surface area contributed by atoms with Crippen molar-refractivity contribution in [3.63, 3.8) is 0 Å². The molecule has 9 rings (SSSR count). The summed E-state index contributed by atoms with van der Waals surface area (Å²) < 4.78 is 25.3. The van der Waals surface area contributed by atoms with E-state index in [2.05, 4.69) is 52.5 Å². The third kappa shape index (κ3) is 19.9. The van der Waals surface area contributed by atoms with E-state index in [9.17, 15) is 33.6 Å². The summed E-state index contributed by atoms with van der Waals surface area (Å²) in [6.07, 6.45) is 1.35. The molecule has 0 saturated carbocycles. The van der Waals surface area contributed by atoms with Crippen LogP contribution in [-0.4, -0.2) is 209 Å². The van der Waals surface area contributed by atoms with Crippen LogP contribution in [0.25, 0.3) is 0 Å². The summed E-state index contributed by atoms with van der Waals surface area (Å²) in [5.41, 5.74) is 0.450. The van der Waals surface area contributed by atoms with Crippen molar-refractivity contribution < 1.29 is 71.7 Å². The maximum Gasteiger partial charge on any atom is 0.410 e. The summed E-state index contributed by atoms with van der Waals surface area (Å²) in [6.45, 7) is 19.3. The van der Waals surface area contributed by atoms with E-state index in [-0.39, 0.29) is 57.6 Å². The second-order valence-electron chi connectivity index (χ2n) is 28.7. The lowest BCUT2D eigenvalue weighted by atomic mass is 10.0. The molecule has 3 aromatic carbocycles. The monoisotopic (exact) mass is 1410 g/mol. The zero-order chi connectivity index (χ0) is 74.7. The normalized spacial score (nSPS) is 21.3. The average Bonchev–Trinajstić information content (AvgIpc) is 1.64. The van der Waals surface area contributed by atoms with E-state index in [1.54, 1.807) is 160 Å². The number of aromatic nitrogens is 6. The molecule has 6 N–H and O–H groups in total. The average molecular weight is 1410 g/mol. The summed E-state index contributed by atoms with van der Waals surface area (Å²) in [4.78, 5) is 163. The summed E-state index contributed by atoms with van der Waals surface area (Å²) in [6, 6.07) is 11.2. The molecular formula is C71H96N16O15. The van der Waals surface area contributed by atoms with Crippen LogP contribution in [0.4, 0.5) is 9.59 Å². The predicted molar refractivity (Wildman–Crippen MR) is 368 cm³/mol. The molecule has 550 valence electrons. The zero-order valence-corrected chi connectivity index (χ0v) is 60.5. The minimum absolute atomic E-state index is 0.0295. The van der Waals surface area contributed by atoms with Gasteiger partial charge in [-0.25, -0.2) is 23.7 Å². The van der Waals surface area contributed by atoms with Gasteiger partial charge in [0.05, 0.1) is 38.1 Å². The third-order valence-corrected chi connectivity index (χ3v) is 17.9. The molecule has 102 heavy (non-hydrogen) atoms. The molecule has 31 nitrogen and oxygen atoms in total. The van der Waals surface area contributed by atoms with Gasteiger partial charge in [0.1, 0.15) is 89.3 Å². The number of nitrogens with zero attached hydrogens (tertiary/aromatic N) is 10. The number of likely N-dealkylation sites (N-methyl/N-ethyl adjacent to an activating group) is 2. The van der Waals surface area contributed by atoms with Crippen LogP contribution in [0, 0.1) is 11.8 Å². The molecule has 0 radical (unpaired) electrons. The molecule has 11 atom stereocenters. The van der Waals surface area contributed by atoms with Gasteiger partial charge >= 0.3 is 18.2 Å². The number of hydrogen-bond acceptors (Lipinski definition) is 19. The van der Waals surface area contributed by atoms with Gasteiger partial charge in [0.15, 0.2) is 0 Å². The molecule has 10 bridgehead atoms. The highest BCUT2D eigenvalue weighted by Gasteiger charge is 2.48. The molecule has 6 heterocycles. The minimum atomic E-state index is -1.37. The van der Waals surface area contributed by atoms with Crippen LogP contribution in [0.2, 0.25) is 0 Å². The van der Waals surface area contributed by atoms with Crippen molar-refractivity contribution in [2.75, 3.05) is 34.3 Å². The van der Waals surface area contributed by atoms with Crippen molar-refractivity contribution in [1.82, 2.24) is 81.5 Å². The number of benzene rings is 3. The molecule has 5 aromatic rings. The number of nitrogens with one attached hydrogen (secondary N) is 6. The Morgan fingerprint density at radius 1 is 0.608 bits per heavy atom. The van der Waals surface area contributed by atoms with Crippen molar-refractivity contribution in [2.24, 2.45) is 11.8 Å². The lowest BCUT2D eigenvalue weighted by molar-refractivity contribution is -0.146. The Morgan fingerprint density at radius 3 is 1.56 bits per heavy atom. The van der Waals surface area contributed by atoms with E-state index >= 15 is 19.2 Å². The highest BCUT2D eigenvalue weighted by molar-refractivity contribution is 5.98. The Labute approximate surface area is 593 Å². The number of likely N-dealkylation sites (tertiary alicyclic amines) is 2. The summed E-state index contributed by atoms with van der Waals surface area (Å²) in [7, 11) is 3.98. The fourth-order valence-corrected chi connectivity index (χ4v) is 11.9. The summed E-state index contributed by atoms with van der Waals surface area (Å²) >= 11 is 0. The molecule has 2 fully saturated rings. The molecular weight excluding hydrogens is 1320 g/mol. The van der Waals surface area contributed by atoms with Crippen molar-refractivity contribution in [3.8, 4) is 5.75 Å². The van der Waals surface area contributed by atoms with Crippen molar-refractivity contribution in [1.29, 1.82) is 0 Å². The van der Waals surface area contributed by atoms with E-state index in [1.807, 2.05) is 0 Å². The van der Waals surface area contributed by atoms with Gasteiger partial charge in [-0.1, -0.05) is 111 Å². The minimum Gasteiger partial charge on any atom is -0.487 e. The van der Waals surface area contributed by atoms with Gasteiger partial charge in [-0.05, 0) is 96.0 Å². The number of fused-ring (bicyclic) bond motifs is 14. The van der Waals surface area contributed by atoms with Crippen molar-refractivity contribution >= 4 is 65.4 Å². The molecule has 4 aliphatic rings. The molecule has 2 aromatic heterocycles. The van der Waals surface area contributed by atoms with E-state index < -0.39 is 155 Å². The zero-order valence-electron chi connectivity index (χ0n) is 60.5. The van der Waals surface area contributed by atoms with Gasteiger partial charge in [0.25, 0.3) is 0 Å². The topological polar surface area (TPSA) is 371 Å². The van der Waals surface area contributed by atoms with Gasteiger partial charge < -0.3 is 60.6 Å². The Hall–Kier alpha value is -10.5. The fraction of sp³-hybridized carbons (Fsp3) is 0.535. The highest BCUT2D eigenvalue weighted by Crippen LogP contribution is 2.32. The van der Waals surface area contributed by atoms with Crippen molar-refractivity contribution in [3.05, 3.63) is 125 Å². The molecule has 0 unspecified atom stereocenters. The first kappa shape index (κ1) is 77.3. The van der Waals surface area contributed by atoms with E-state index in [0.29, 0.717) is 28.1 Å². The molecule has 2 saturated heterocycles. The van der Waals surface area contributed by atoms with E-state index in [4.69, 9.17) is 18.9 Å². The maximum absolute atomic E-state index is 15.3. The van der Waals surface area contributed by atoms with Gasteiger partial charge in [-0.3, -0.25) is 48.2 Å². The molecule has 4 aliphatic heterocycles. The Bertz CT molecular complexity index is 3820. The fourth-order valence-electron chi connectivity index (χ4n) is 11.9. The number of methoxy groups -OCH3 is 1. The van der Waals surface area contributed by atoms with Crippen LogP contribution < -0.4 is 36.6 Å². The molecule has 31 heteroatoms. The molecule has 0 aliphatic carbocycles. The quantitative estimate of drug-likeness (QED) is 0.0682. The first-order chi connectivity index (χ1) is 48.1. The lowest BCUT2D eigenvalue weighted by Crippen LogP contribution is -2.59. The predicted octanol–water partition coefficient (Wildman–Crippen LogP) is 3.64. The van der Waals surface area contributed by atoms with Gasteiger partial charge in [0.2, 0.25) is 47.3 Å². The third-order valence-electron chi connectivity index (χ3n) is 17.9. The number of carbonyl (C=O) groups excluding carboxylic acids is 11. The van der Waals surface area contributed by atoms with Gasteiger partial charge in [0, 0.05) is 52.9 Å². The van der Waals surface area contributed by atoms with Crippen LogP contribution in [-0.2, 0) is 83.4 Å². The number of rotatable bonds is 14. The Morgan fingerprint density at radius 2 is 1.08 bits per heavy atom. The Kier molecular flexibility index (Phi) is 25.2. The number of amides is 10. The van der Waals surface area contributed by atoms with E-state index in [0.717, 1.165) is 9.80 Å². The maximum atomic E-state index is 15.3. The highest BCUT2D eigenvalue weighted by atomic mass is 16.6. The van der Waals surface area contributed by atoms with E-state index in [1.165, 1.54) is 60.4 Å². The SMILES string of the molecule is COC(=O)[C@@H]1Cc2ccc(cc2)OCc2cn(nn2)[C@H]2C[C@@H](C(=O)N[C@@H](c3ccccc3)C(=O)NCc3cn(nn3)[C@H]3C[C@@H](C(=O)N[C@@H](Cc4ccccc4)C(=O)N1)N(C(=O)[C@@H](NC(=O)[C@H](C)N(C)C(=O)OC(C)(C)C)C(C)C)C3)N(C(=O)[C@@H](NC(=O)[C@H](C)N(C)C(=O)OC(C)(C)C)C(C)C)C2. The molecule has 10 amide bonds. The van der Waals surface area contributed by atoms with Crippen LogP contribution in [0.5, 0.6) is 5.75 Å². The lowest BCUT2D eigenvalue weighted by Gasteiger charge is -2.33. The summed E-state index contributed by atoms with van der Waals surface area (Å²) in [5, 5.41) is 34.6. The number of carbonyl (C=O) groups is 11. The standard InChI is InChI=1S/C71H96N16O15/c1-40(2)56(75-59(88)42(5)82(13)68(97)101-70(7,8)9)65(94)84-37-49-32-54(84)62(91)73-52(30-44-22-18-16-19-23-44)61(90)74-53(67(96)99-15)31-45-26-28-51(29-27-45)100-39-48-36-87(81-79-48)50-33-55(63(92)77-58(46-24-20-17-21-25-46)64(93)72-34-47-35-86(49)80-78-47)85(38-50)66(95)57(41(3)4)76-60(89)43(6)83(14)69(98)102-71(10,11)12/h16-29,35-36,40-43,49-50,52-58H,30-34,37-39H2,1-15H3,(H,72,93)(H,73,91)(H,74,90)(H,75,88)(H,76,89)(H,77,92)/t42-,43-,49-,50-,52-,53-,54-,55-,56-,57-,58-/m0/s1. The van der Waals surface area contributed by atoms with Gasteiger partial charge in [-0.15, -0.1) is 10.2 Å².